The second kappa shape index (κ2) is 5.33. The van der Waals surface area contributed by atoms with Crippen LogP contribution >= 0.6 is 0 Å². The van der Waals surface area contributed by atoms with E-state index in [1.165, 1.54) is 0 Å². The summed E-state index contributed by atoms with van der Waals surface area (Å²) in [6, 6.07) is 9.67. The highest BCUT2D eigenvalue weighted by Crippen LogP contribution is 2.34. The molecular formula is C16H18N2O3. The molecule has 2 aromatic rings. The first-order valence-electron chi connectivity index (χ1n) is 7.07. The Balaban J connectivity index is 1.83. The summed E-state index contributed by atoms with van der Waals surface area (Å²) < 4.78 is 6.03. The van der Waals surface area contributed by atoms with Crippen LogP contribution < -0.4 is 10.1 Å². The third kappa shape index (κ3) is 2.45. The van der Waals surface area contributed by atoms with Gasteiger partial charge in [0.15, 0.2) is 0 Å². The molecule has 2 atom stereocenters. The summed E-state index contributed by atoms with van der Waals surface area (Å²) in [7, 11) is 1.69. The number of carbonyl (C=O) groups is 1. The molecule has 3 rings (SSSR count). The molecule has 1 saturated carbocycles. The Kier molecular flexibility index (Phi) is 3.51. The SMILES string of the molecule is CNC1(C(=O)O)CCC(Oc2cccc3cccnc23)C1. The number of nitrogens with zero attached hydrogens (tertiary/aromatic N) is 1. The first-order chi connectivity index (χ1) is 10.1. The van der Waals surface area contributed by atoms with E-state index in [-0.39, 0.29) is 6.10 Å². The lowest BCUT2D eigenvalue weighted by Crippen LogP contribution is -2.48. The van der Waals surface area contributed by atoms with Crippen molar-refractivity contribution >= 4 is 16.9 Å². The van der Waals surface area contributed by atoms with Crippen LogP contribution in [0.25, 0.3) is 10.9 Å². The van der Waals surface area contributed by atoms with E-state index >= 15 is 0 Å². The number of hydrogen-bond donors (Lipinski definition) is 2. The normalized spacial score (nSPS) is 25.1. The zero-order chi connectivity index (χ0) is 14.9. The highest BCUT2D eigenvalue weighted by molar-refractivity contribution is 5.84. The fourth-order valence-electron chi connectivity index (χ4n) is 2.98. The Hall–Kier alpha value is -2.14. The summed E-state index contributed by atoms with van der Waals surface area (Å²) in [6.45, 7) is 0. The van der Waals surface area contributed by atoms with E-state index in [1.807, 2.05) is 30.3 Å². The van der Waals surface area contributed by atoms with Gasteiger partial charge < -0.3 is 15.2 Å². The highest BCUT2D eigenvalue weighted by atomic mass is 16.5. The minimum atomic E-state index is -0.872. The molecule has 1 aromatic carbocycles. The number of aliphatic carboxylic acids is 1. The van der Waals surface area contributed by atoms with Gasteiger partial charge in [-0.3, -0.25) is 9.78 Å². The van der Waals surface area contributed by atoms with E-state index in [0.717, 1.165) is 23.1 Å². The van der Waals surface area contributed by atoms with Crippen molar-refractivity contribution in [2.75, 3.05) is 7.05 Å². The van der Waals surface area contributed by atoms with Gasteiger partial charge in [0, 0.05) is 18.0 Å². The van der Waals surface area contributed by atoms with E-state index < -0.39 is 11.5 Å². The lowest BCUT2D eigenvalue weighted by Gasteiger charge is -2.23. The largest absolute Gasteiger partial charge is 0.488 e. The number of benzene rings is 1. The Labute approximate surface area is 123 Å². The lowest BCUT2D eigenvalue weighted by molar-refractivity contribution is -0.144. The summed E-state index contributed by atoms with van der Waals surface area (Å²) in [5, 5.41) is 13.3. The van der Waals surface area contributed by atoms with E-state index in [4.69, 9.17) is 4.74 Å². The fourth-order valence-corrected chi connectivity index (χ4v) is 2.98. The number of nitrogens with one attached hydrogen (secondary N) is 1. The average molecular weight is 286 g/mol. The van der Waals surface area contributed by atoms with Crippen molar-refractivity contribution in [2.45, 2.75) is 30.9 Å². The van der Waals surface area contributed by atoms with E-state index in [2.05, 4.69) is 10.3 Å². The zero-order valence-corrected chi connectivity index (χ0v) is 11.9. The monoisotopic (exact) mass is 286 g/mol. The third-order valence-electron chi connectivity index (χ3n) is 4.25. The van der Waals surface area contributed by atoms with Crippen LogP contribution in [0.15, 0.2) is 36.5 Å². The van der Waals surface area contributed by atoms with Crippen molar-refractivity contribution in [1.29, 1.82) is 0 Å². The van der Waals surface area contributed by atoms with Gasteiger partial charge in [0.05, 0.1) is 0 Å². The van der Waals surface area contributed by atoms with Gasteiger partial charge in [-0.2, -0.15) is 0 Å². The Morgan fingerprint density at radius 2 is 2.24 bits per heavy atom. The van der Waals surface area contributed by atoms with Gasteiger partial charge in [0.2, 0.25) is 0 Å². The molecule has 5 nitrogen and oxygen atoms in total. The van der Waals surface area contributed by atoms with Crippen molar-refractivity contribution in [3.05, 3.63) is 36.5 Å². The molecule has 1 fully saturated rings. The van der Waals surface area contributed by atoms with Crippen LogP contribution in [-0.2, 0) is 4.79 Å². The molecule has 0 amide bonds. The highest BCUT2D eigenvalue weighted by Gasteiger charge is 2.45. The first-order valence-corrected chi connectivity index (χ1v) is 7.07. The van der Waals surface area contributed by atoms with Gasteiger partial charge in [0.25, 0.3) is 0 Å². The molecule has 2 unspecified atom stereocenters. The van der Waals surface area contributed by atoms with Crippen LogP contribution in [0, 0.1) is 0 Å². The van der Waals surface area contributed by atoms with Gasteiger partial charge in [0.1, 0.15) is 22.9 Å². The van der Waals surface area contributed by atoms with Crippen LogP contribution in [0.5, 0.6) is 5.75 Å². The molecule has 0 bridgehead atoms. The molecule has 0 spiro atoms. The van der Waals surface area contributed by atoms with E-state index in [1.54, 1.807) is 13.2 Å². The van der Waals surface area contributed by atoms with Gasteiger partial charge in [-0.1, -0.05) is 18.2 Å². The maximum atomic E-state index is 11.4. The smallest absolute Gasteiger partial charge is 0.324 e. The Bertz CT molecular complexity index is 668. The van der Waals surface area contributed by atoms with Gasteiger partial charge in [-0.25, -0.2) is 0 Å². The molecule has 0 radical (unpaired) electrons. The third-order valence-corrected chi connectivity index (χ3v) is 4.25. The summed E-state index contributed by atoms with van der Waals surface area (Å²) in [4.78, 5) is 15.8. The van der Waals surface area contributed by atoms with Crippen molar-refractivity contribution < 1.29 is 14.6 Å². The number of fused-ring (bicyclic) bond motifs is 1. The molecule has 1 aromatic heterocycles. The number of ether oxygens (including phenoxy) is 1. The topological polar surface area (TPSA) is 71.5 Å². The van der Waals surface area contributed by atoms with Gasteiger partial charge >= 0.3 is 5.97 Å². The maximum Gasteiger partial charge on any atom is 0.324 e. The molecule has 1 heterocycles. The minimum absolute atomic E-state index is 0.110. The average Bonchev–Trinajstić information content (AvgIpc) is 2.92. The molecular weight excluding hydrogens is 268 g/mol. The van der Waals surface area contributed by atoms with Crippen molar-refractivity contribution in [1.82, 2.24) is 10.3 Å². The summed E-state index contributed by atoms with van der Waals surface area (Å²) in [6.07, 6.45) is 3.38. The lowest BCUT2D eigenvalue weighted by atomic mass is 9.98. The Morgan fingerprint density at radius 1 is 1.43 bits per heavy atom. The number of rotatable bonds is 4. The number of para-hydroxylation sites is 1. The molecule has 5 heteroatoms. The number of likely N-dealkylation sites (N-methyl/N-ethyl adjacent to an activating group) is 1. The quantitative estimate of drug-likeness (QED) is 0.901. The predicted molar refractivity (Wildman–Crippen MR) is 79.4 cm³/mol. The van der Waals surface area contributed by atoms with Crippen LogP contribution in [0.3, 0.4) is 0 Å². The van der Waals surface area contributed by atoms with Crippen molar-refractivity contribution in [2.24, 2.45) is 0 Å². The number of aromatic nitrogens is 1. The predicted octanol–water partition coefficient (Wildman–Crippen LogP) is 2.21. The molecule has 1 aliphatic rings. The fraction of sp³-hybridized carbons (Fsp3) is 0.375. The minimum Gasteiger partial charge on any atom is -0.488 e. The molecule has 1 aliphatic carbocycles. The molecule has 0 aliphatic heterocycles. The van der Waals surface area contributed by atoms with E-state index in [9.17, 15) is 9.90 Å². The summed E-state index contributed by atoms with van der Waals surface area (Å²) in [5.41, 5.74) is -0.0554. The summed E-state index contributed by atoms with van der Waals surface area (Å²) >= 11 is 0. The second-order valence-corrected chi connectivity index (χ2v) is 5.45. The number of carboxylic acids is 1. The molecule has 21 heavy (non-hydrogen) atoms. The number of hydrogen-bond acceptors (Lipinski definition) is 4. The zero-order valence-electron chi connectivity index (χ0n) is 11.9. The standard InChI is InChI=1S/C16H18N2O3/c1-17-16(15(19)20)8-7-12(10-16)21-13-6-2-4-11-5-3-9-18-14(11)13/h2-6,9,12,17H,7-8,10H2,1H3,(H,19,20). The molecule has 0 saturated heterocycles. The molecule has 110 valence electrons. The second-order valence-electron chi connectivity index (χ2n) is 5.45. The van der Waals surface area contributed by atoms with Crippen LogP contribution in [0.4, 0.5) is 0 Å². The van der Waals surface area contributed by atoms with Gasteiger partial charge in [-0.05, 0) is 32.0 Å². The first kappa shape index (κ1) is 13.8. The van der Waals surface area contributed by atoms with Gasteiger partial charge in [-0.15, -0.1) is 0 Å². The van der Waals surface area contributed by atoms with Crippen LogP contribution in [0.2, 0.25) is 0 Å². The van der Waals surface area contributed by atoms with Crippen LogP contribution in [0.1, 0.15) is 19.3 Å². The van der Waals surface area contributed by atoms with E-state index in [0.29, 0.717) is 12.8 Å². The maximum absolute atomic E-state index is 11.4. The van der Waals surface area contributed by atoms with Crippen molar-refractivity contribution in [3.63, 3.8) is 0 Å². The molecule has 2 N–H and O–H groups in total. The Morgan fingerprint density at radius 3 is 2.95 bits per heavy atom. The number of pyridine rings is 1. The number of carboxylic acid groups (broad SMARTS) is 1. The van der Waals surface area contributed by atoms with Crippen molar-refractivity contribution in [3.8, 4) is 5.75 Å². The summed E-state index contributed by atoms with van der Waals surface area (Å²) in [5.74, 6) is -0.0949. The van der Waals surface area contributed by atoms with Crippen LogP contribution in [-0.4, -0.2) is 34.8 Å².